The summed E-state index contributed by atoms with van der Waals surface area (Å²) in [4.78, 5) is 0. The Hall–Kier alpha value is -0.870. The van der Waals surface area contributed by atoms with Gasteiger partial charge in [0.1, 0.15) is 5.75 Å². The molecule has 0 saturated heterocycles. The molecular formula is C16H27NO2S. The van der Waals surface area contributed by atoms with Crippen molar-refractivity contribution in [2.45, 2.75) is 44.9 Å². The van der Waals surface area contributed by atoms with Gasteiger partial charge in [-0.3, -0.25) is 4.21 Å². The summed E-state index contributed by atoms with van der Waals surface area (Å²) >= 11 is 0. The van der Waals surface area contributed by atoms with Crippen LogP contribution in [0.2, 0.25) is 0 Å². The Kier molecular flexibility index (Phi) is 7.85. The topological polar surface area (TPSA) is 38.3 Å². The Labute approximate surface area is 125 Å². The van der Waals surface area contributed by atoms with E-state index in [1.807, 2.05) is 18.2 Å². The van der Waals surface area contributed by atoms with Gasteiger partial charge in [-0.15, -0.1) is 0 Å². The zero-order valence-corrected chi connectivity index (χ0v) is 13.8. The van der Waals surface area contributed by atoms with Crippen LogP contribution < -0.4 is 10.1 Å². The Bertz CT molecular complexity index is 423. The summed E-state index contributed by atoms with van der Waals surface area (Å²) in [7, 11) is 0.855. The maximum Gasteiger partial charge on any atom is 0.123 e. The van der Waals surface area contributed by atoms with E-state index in [9.17, 15) is 4.21 Å². The van der Waals surface area contributed by atoms with Crippen LogP contribution in [0.1, 0.15) is 45.2 Å². The van der Waals surface area contributed by atoms with Crippen molar-refractivity contribution < 1.29 is 8.95 Å². The second-order valence-corrected chi connectivity index (χ2v) is 6.91. The van der Waals surface area contributed by atoms with Crippen LogP contribution in [0, 0.1) is 0 Å². The average Bonchev–Trinajstić information content (AvgIpc) is 2.50. The van der Waals surface area contributed by atoms with E-state index in [0.717, 1.165) is 30.7 Å². The summed E-state index contributed by atoms with van der Waals surface area (Å²) in [5, 5.41) is 3.73. The van der Waals surface area contributed by atoms with Gasteiger partial charge in [-0.1, -0.05) is 39.0 Å². The third-order valence-corrected chi connectivity index (χ3v) is 5.40. The molecule has 0 aliphatic carbocycles. The van der Waals surface area contributed by atoms with Gasteiger partial charge in [0.25, 0.3) is 0 Å². The summed E-state index contributed by atoms with van der Waals surface area (Å²) in [6.07, 6.45) is 2.00. The van der Waals surface area contributed by atoms with Gasteiger partial charge >= 0.3 is 0 Å². The Morgan fingerprint density at radius 2 is 2.00 bits per heavy atom. The molecule has 0 amide bonds. The quantitative estimate of drug-likeness (QED) is 0.760. The van der Waals surface area contributed by atoms with Gasteiger partial charge in [-0.25, -0.2) is 0 Å². The molecule has 0 radical (unpaired) electrons. The van der Waals surface area contributed by atoms with Gasteiger partial charge in [0.2, 0.25) is 0 Å². The predicted octanol–water partition coefficient (Wildman–Crippen LogP) is 3.28. The van der Waals surface area contributed by atoms with Gasteiger partial charge in [0.15, 0.2) is 0 Å². The van der Waals surface area contributed by atoms with Crippen molar-refractivity contribution in [3.8, 4) is 5.75 Å². The number of ether oxygens (including phenoxy) is 1. The summed E-state index contributed by atoms with van der Waals surface area (Å²) in [6, 6.07) is 8.07. The molecule has 0 heterocycles. The van der Waals surface area contributed by atoms with Crippen LogP contribution in [0.4, 0.5) is 0 Å². The van der Waals surface area contributed by atoms with Crippen LogP contribution in [0.3, 0.4) is 0 Å². The first-order valence-electron chi connectivity index (χ1n) is 7.37. The van der Waals surface area contributed by atoms with E-state index in [0.29, 0.717) is 5.75 Å². The molecule has 1 rings (SSSR count). The molecule has 1 aromatic rings. The van der Waals surface area contributed by atoms with Crippen molar-refractivity contribution in [2.24, 2.45) is 0 Å². The molecule has 1 N–H and O–H groups in total. The zero-order valence-electron chi connectivity index (χ0n) is 13.0. The van der Waals surface area contributed by atoms with E-state index in [4.69, 9.17) is 4.74 Å². The molecule has 3 atom stereocenters. The third kappa shape index (κ3) is 4.91. The number of nitrogens with one attached hydrogen (secondary N) is 1. The van der Waals surface area contributed by atoms with Gasteiger partial charge in [0, 0.05) is 33.4 Å². The van der Waals surface area contributed by atoms with E-state index in [1.165, 1.54) is 0 Å². The highest BCUT2D eigenvalue weighted by atomic mass is 32.2. The van der Waals surface area contributed by atoms with Crippen LogP contribution in [0.15, 0.2) is 24.3 Å². The summed E-state index contributed by atoms with van der Waals surface area (Å²) < 4.78 is 17.8. The van der Waals surface area contributed by atoms with Crippen molar-refractivity contribution >= 4 is 10.8 Å². The zero-order chi connectivity index (χ0) is 15.0. The lowest BCUT2D eigenvalue weighted by molar-refractivity contribution is 0.402. The van der Waals surface area contributed by atoms with E-state index in [2.05, 4.69) is 32.2 Å². The fourth-order valence-electron chi connectivity index (χ4n) is 2.05. The van der Waals surface area contributed by atoms with E-state index in [1.54, 1.807) is 7.11 Å². The molecule has 1 aromatic carbocycles. The minimum Gasteiger partial charge on any atom is -0.496 e. The van der Waals surface area contributed by atoms with Crippen molar-refractivity contribution in [3.63, 3.8) is 0 Å². The maximum absolute atomic E-state index is 12.4. The highest BCUT2D eigenvalue weighted by Crippen LogP contribution is 2.26. The molecule has 114 valence electrons. The molecule has 0 aromatic heterocycles. The minimum atomic E-state index is -0.827. The smallest absolute Gasteiger partial charge is 0.123 e. The molecular weight excluding hydrogens is 270 g/mol. The molecule has 3 unspecified atom stereocenters. The lowest BCUT2D eigenvalue weighted by Gasteiger charge is -2.22. The molecule has 20 heavy (non-hydrogen) atoms. The summed E-state index contributed by atoms with van der Waals surface area (Å²) in [6.45, 7) is 7.19. The number of hydrogen-bond acceptors (Lipinski definition) is 3. The minimum absolute atomic E-state index is 0.0842. The molecule has 0 aliphatic rings. The molecule has 3 nitrogen and oxygen atoms in total. The number of hydrogen-bond donors (Lipinski definition) is 1. The normalized spacial score (nSPS) is 15.6. The van der Waals surface area contributed by atoms with Gasteiger partial charge < -0.3 is 10.1 Å². The lowest BCUT2D eigenvalue weighted by Crippen LogP contribution is -2.29. The van der Waals surface area contributed by atoms with Crippen LogP contribution in [0.5, 0.6) is 5.75 Å². The molecule has 0 spiro atoms. The second kappa shape index (κ2) is 9.14. The van der Waals surface area contributed by atoms with Crippen molar-refractivity contribution in [1.29, 1.82) is 0 Å². The SMILES string of the molecule is CCCNC(CS(=O)C(C)CC)c1ccccc1OC. The van der Waals surface area contributed by atoms with E-state index >= 15 is 0 Å². The third-order valence-electron chi connectivity index (χ3n) is 3.51. The fourth-order valence-corrected chi connectivity index (χ4v) is 3.37. The maximum atomic E-state index is 12.4. The highest BCUT2D eigenvalue weighted by Gasteiger charge is 2.20. The Morgan fingerprint density at radius 3 is 2.60 bits per heavy atom. The van der Waals surface area contributed by atoms with Crippen molar-refractivity contribution in [1.82, 2.24) is 5.32 Å². The second-order valence-electron chi connectivity index (χ2n) is 5.01. The van der Waals surface area contributed by atoms with Crippen LogP contribution in [-0.2, 0) is 10.8 Å². The van der Waals surface area contributed by atoms with Gasteiger partial charge in [-0.05, 0) is 25.5 Å². The van der Waals surface area contributed by atoms with E-state index < -0.39 is 10.8 Å². The molecule has 0 fully saturated rings. The average molecular weight is 297 g/mol. The highest BCUT2D eigenvalue weighted by molar-refractivity contribution is 7.85. The summed E-state index contributed by atoms with van der Waals surface area (Å²) in [5.74, 6) is 1.50. The van der Waals surface area contributed by atoms with Crippen molar-refractivity contribution in [3.05, 3.63) is 29.8 Å². The van der Waals surface area contributed by atoms with Crippen LogP contribution in [-0.4, -0.2) is 28.9 Å². The first kappa shape index (κ1) is 17.2. The monoisotopic (exact) mass is 297 g/mol. The number of rotatable bonds is 9. The summed E-state index contributed by atoms with van der Waals surface area (Å²) in [5.41, 5.74) is 1.10. The van der Waals surface area contributed by atoms with E-state index in [-0.39, 0.29) is 11.3 Å². The largest absolute Gasteiger partial charge is 0.496 e. The Morgan fingerprint density at radius 1 is 1.30 bits per heavy atom. The molecule has 0 saturated carbocycles. The van der Waals surface area contributed by atoms with Crippen molar-refractivity contribution in [2.75, 3.05) is 19.4 Å². The van der Waals surface area contributed by atoms with Gasteiger partial charge in [-0.2, -0.15) is 0 Å². The predicted molar refractivity (Wildman–Crippen MR) is 86.8 cm³/mol. The number of benzene rings is 1. The first-order chi connectivity index (χ1) is 9.63. The number of methoxy groups -OCH3 is 1. The molecule has 4 heteroatoms. The van der Waals surface area contributed by atoms with Crippen LogP contribution in [0.25, 0.3) is 0 Å². The molecule has 0 aliphatic heterocycles. The lowest BCUT2D eigenvalue weighted by atomic mass is 10.1. The first-order valence-corrected chi connectivity index (χ1v) is 8.75. The standard InChI is InChI=1S/C16H27NO2S/c1-5-11-17-15(12-20(18)13(3)6-2)14-9-7-8-10-16(14)19-4/h7-10,13,15,17H,5-6,11-12H2,1-4H3. The number of para-hydroxylation sites is 1. The van der Waals surface area contributed by atoms with Gasteiger partial charge in [0.05, 0.1) is 7.11 Å². The van der Waals surface area contributed by atoms with Crippen LogP contribution >= 0.6 is 0 Å². The Balaban J connectivity index is 2.90. The fraction of sp³-hybridized carbons (Fsp3) is 0.625. The molecule has 0 bridgehead atoms.